The molecule has 0 aromatic rings. The number of ether oxygens (including phenoxy) is 2. The smallest absolute Gasteiger partial charge is 0.194 e. The fourth-order valence-corrected chi connectivity index (χ4v) is 5.48. The largest absolute Gasteiger partial charge is 0.488 e. The molecule has 2 heterocycles. The van der Waals surface area contributed by atoms with Gasteiger partial charge in [-0.25, -0.2) is 0 Å². The van der Waals surface area contributed by atoms with Gasteiger partial charge in [0.2, 0.25) is 0 Å². The molecule has 166 valence electrons. The van der Waals surface area contributed by atoms with Crippen LogP contribution in [0.2, 0.25) is 0 Å². The van der Waals surface area contributed by atoms with Gasteiger partial charge < -0.3 is 14.2 Å². The molecule has 2 atom stereocenters. The van der Waals surface area contributed by atoms with Crippen molar-refractivity contribution in [2.45, 2.75) is 79.1 Å². The highest BCUT2D eigenvalue weighted by atomic mass is 79.9. The highest BCUT2D eigenvalue weighted by Crippen LogP contribution is 2.46. The van der Waals surface area contributed by atoms with Crippen molar-refractivity contribution in [3.63, 3.8) is 0 Å². The Bertz CT molecular complexity index is 622. The zero-order chi connectivity index (χ0) is 21.2. The summed E-state index contributed by atoms with van der Waals surface area (Å²) in [5.74, 6) is 2.74. The van der Waals surface area contributed by atoms with Gasteiger partial charge in [0.15, 0.2) is 11.5 Å². The molecule has 0 bridgehead atoms. The fourth-order valence-electron chi connectivity index (χ4n) is 3.40. The monoisotopic (exact) mass is 550 g/mol. The standard InChI is InChI=1S/C22H36Br2N2O2S/c1-5-9-11-16(7-3)14-27-20-19(23)18-13-25-29-26(18)22(24)21(20)28-15-17(8-4)12-10-6-2/h13,16-17,25H,5-12,14-15H2,1-4H3. The van der Waals surface area contributed by atoms with Crippen molar-refractivity contribution in [2.24, 2.45) is 11.8 Å². The van der Waals surface area contributed by atoms with E-state index in [1.54, 1.807) is 0 Å². The number of hydrogen-bond acceptors (Lipinski definition) is 5. The second kappa shape index (κ2) is 13.2. The van der Waals surface area contributed by atoms with Crippen LogP contribution in [0.5, 0.6) is 0 Å². The summed E-state index contributed by atoms with van der Waals surface area (Å²) in [6.45, 7) is 10.4. The first-order valence-electron chi connectivity index (χ1n) is 11.1. The summed E-state index contributed by atoms with van der Waals surface area (Å²) in [6.07, 6.45) is 11.6. The average Bonchev–Trinajstić information content (AvgIpc) is 3.23. The molecule has 0 spiro atoms. The van der Waals surface area contributed by atoms with Gasteiger partial charge in [0.1, 0.15) is 4.61 Å². The lowest BCUT2D eigenvalue weighted by atomic mass is 10.0. The summed E-state index contributed by atoms with van der Waals surface area (Å²) < 4.78 is 19.9. The number of rotatable bonds is 14. The van der Waals surface area contributed by atoms with E-state index in [0.29, 0.717) is 18.4 Å². The van der Waals surface area contributed by atoms with E-state index >= 15 is 0 Å². The third-order valence-electron chi connectivity index (χ3n) is 5.57. The molecule has 1 N–H and O–H groups in total. The second-order valence-corrected chi connectivity index (χ2v) is 10.1. The maximum absolute atomic E-state index is 6.40. The van der Waals surface area contributed by atoms with E-state index in [2.05, 4.69) is 68.6 Å². The summed E-state index contributed by atoms with van der Waals surface area (Å²) >= 11 is 9.07. The molecule has 2 unspecified atom stereocenters. The number of unbranched alkanes of at least 4 members (excludes halogenated alkanes) is 2. The van der Waals surface area contributed by atoms with Gasteiger partial charge >= 0.3 is 0 Å². The number of hydrogen-bond donors (Lipinski definition) is 1. The lowest BCUT2D eigenvalue weighted by molar-refractivity contribution is 0.102. The van der Waals surface area contributed by atoms with Gasteiger partial charge in [-0.15, -0.1) is 0 Å². The third kappa shape index (κ3) is 6.86. The van der Waals surface area contributed by atoms with Crippen LogP contribution in [0.25, 0.3) is 0 Å². The molecule has 29 heavy (non-hydrogen) atoms. The number of fused-ring (bicyclic) bond motifs is 1. The third-order valence-corrected chi connectivity index (χ3v) is 8.07. The highest BCUT2D eigenvalue weighted by Gasteiger charge is 2.35. The van der Waals surface area contributed by atoms with Gasteiger partial charge in [-0.3, -0.25) is 4.31 Å². The van der Waals surface area contributed by atoms with E-state index in [0.717, 1.165) is 45.8 Å². The Morgan fingerprint density at radius 2 is 1.48 bits per heavy atom. The zero-order valence-corrected chi connectivity index (χ0v) is 22.2. The first-order valence-corrected chi connectivity index (χ1v) is 13.4. The minimum atomic E-state index is 0.567. The summed E-state index contributed by atoms with van der Waals surface area (Å²) in [4.78, 5) is 0. The van der Waals surface area contributed by atoms with Crippen LogP contribution in [0.1, 0.15) is 79.1 Å². The van der Waals surface area contributed by atoms with E-state index in [-0.39, 0.29) is 0 Å². The van der Waals surface area contributed by atoms with Gasteiger partial charge in [-0.1, -0.05) is 66.2 Å². The number of halogens is 2. The predicted octanol–water partition coefficient (Wildman–Crippen LogP) is 7.95. The summed E-state index contributed by atoms with van der Waals surface area (Å²) in [7, 11) is 0. The normalized spacial score (nSPS) is 18.4. The molecular weight excluding hydrogens is 516 g/mol. The van der Waals surface area contributed by atoms with Crippen LogP contribution in [0.15, 0.2) is 32.5 Å². The van der Waals surface area contributed by atoms with E-state index in [1.165, 1.54) is 50.7 Å². The quantitative estimate of drug-likeness (QED) is 0.175. The molecule has 0 aromatic carbocycles. The first-order chi connectivity index (χ1) is 14.1. The number of allylic oxidation sites excluding steroid dienone is 1. The molecular formula is C22H36Br2N2O2S. The second-order valence-electron chi connectivity index (χ2n) is 7.75. The summed E-state index contributed by atoms with van der Waals surface area (Å²) in [5.41, 5.74) is 1.05. The van der Waals surface area contributed by atoms with Crippen LogP contribution in [-0.4, -0.2) is 17.5 Å². The predicted molar refractivity (Wildman–Crippen MR) is 131 cm³/mol. The van der Waals surface area contributed by atoms with Crippen LogP contribution in [0.3, 0.4) is 0 Å². The lowest BCUT2D eigenvalue weighted by Gasteiger charge is -2.30. The first kappa shape index (κ1) is 25.0. The molecule has 0 amide bonds. The van der Waals surface area contributed by atoms with Gasteiger partial charge in [0, 0.05) is 6.20 Å². The molecule has 0 saturated heterocycles. The van der Waals surface area contributed by atoms with Crippen LogP contribution in [0.4, 0.5) is 0 Å². The Hall–Kier alpha value is -0.270. The summed E-state index contributed by atoms with van der Waals surface area (Å²) in [6, 6.07) is 0. The Kier molecular flexibility index (Phi) is 11.4. The van der Waals surface area contributed by atoms with Crippen LogP contribution >= 0.6 is 44.0 Å². The molecule has 7 heteroatoms. The SMILES string of the molecule is CCCCC(CC)COC1=C(Br)C2=CNSN2C(Br)=C1OCC(CC)CCCC. The van der Waals surface area contributed by atoms with Crippen molar-refractivity contribution in [3.05, 3.63) is 32.5 Å². The molecule has 0 aliphatic carbocycles. The highest BCUT2D eigenvalue weighted by molar-refractivity contribution is 9.12. The van der Waals surface area contributed by atoms with Gasteiger partial charge in [0.05, 0.1) is 35.5 Å². The summed E-state index contributed by atoms with van der Waals surface area (Å²) in [5, 5.41) is 0. The van der Waals surface area contributed by atoms with Crippen LogP contribution < -0.4 is 4.72 Å². The molecule has 2 aliphatic rings. The van der Waals surface area contributed by atoms with E-state index in [1.807, 2.05) is 6.20 Å². The fraction of sp³-hybridized carbons (Fsp3) is 0.727. The van der Waals surface area contributed by atoms with Gasteiger partial charge in [-0.2, -0.15) is 0 Å². The molecule has 0 saturated carbocycles. The van der Waals surface area contributed by atoms with Gasteiger partial charge in [-0.05, 0) is 56.5 Å². The van der Waals surface area contributed by atoms with Crippen LogP contribution in [0, 0.1) is 11.8 Å². The van der Waals surface area contributed by atoms with Crippen LogP contribution in [-0.2, 0) is 9.47 Å². The Balaban J connectivity index is 2.15. The van der Waals surface area contributed by atoms with Gasteiger partial charge in [0.25, 0.3) is 0 Å². The van der Waals surface area contributed by atoms with Crippen molar-refractivity contribution < 1.29 is 9.47 Å². The average molecular weight is 552 g/mol. The molecule has 4 nitrogen and oxygen atoms in total. The number of nitrogens with one attached hydrogen (secondary N) is 1. The van der Waals surface area contributed by atoms with Crippen molar-refractivity contribution in [2.75, 3.05) is 13.2 Å². The maximum atomic E-state index is 6.40. The molecule has 0 radical (unpaired) electrons. The minimum absolute atomic E-state index is 0.567. The Morgan fingerprint density at radius 1 is 0.931 bits per heavy atom. The minimum Gasteiger partial charge on any atom is -0.488 e. The molecule has 2 aliphatic heterocycles. The van der Waals surface area contributed by atoms with Crippen molar-refractivity contribution in [1.29, 1.82) is 0 Å². The molecule has 0 fully saturated rings. The van der Waals surface area contributed by atoms with Crippen molar-refractivity contribution >= 4 is 44.0 Å². The maximum Gasteiger partial charge on any atom is 0.194 e. The Labute approximate surface area is 198 Å². The Morgan fingerprint density at radius 3 is 2.00 bits per heavy atom. The van der Waals surface area contributed by atoms with Crippen molar-refractivity contribution in [1.82, 2.24) is 9.03 Å². The van der Waals surface area contributed by atoms with Crippen molar-refractivity contribution in [3.8, 4) is 0 Å². The molecule has 2 rings (SSSR count). The van der Waals surface area contributed by atoms with E-state index < -0.39 is 0 Å². The number of nitrogens with zero attached hydrogens (tertiary/aromatic N) is 1. The molecule has 0 aromatic heterocycles. The zero-order valence-electron chi connectivity index (χ0n) is 18.2. The van der Waals surface area contributed by atoms with E-state index in [9.17, 15) is 0 Å². The lowest BCUT2D eigenvalue weighted by Crippen LogP contribution is -2.22. The van der Waals surface area contributed by atoms with E-state index in [4.69, 9.17) is 9.47 Å². The topological polar surface area (TPSA) is 33.7 Å².